The van der Waals surface area contributed by atoms with Crippen LogP contribution in [-0.2, 0) is 12.0 Å². The first-order valence-electron chi connectivity index (χ1n) is 10.2. The fourth-order valence-electron chi connectivity index (χ4n) is 4.54. The summed E-state index contributed by atoms with van der Waals surface area (Å²) < 4.78 is 0. The topological polar surface area (TPSA) is 52.0 Å². The summed E-state index contributed by atoms with van der Waals surface area (Å²) in [7, 11) is 0. The van der Waals surface area contributed by atoms with E-state index in [0.717, 1.165) is 12.1 Å². The molecular weight excluding hydrogens is 304 g/mol. The van der Waals surface area contributed by atoms with Gasteiger partial charge in [-0.2, -0.15) is 0 Å². The van der Waals surface area contributed by atoms with Gasteiger partial charge in [0.15, 0.2) is 0 Å². The number of aryl methyl sites for hydroxylation is 1. The second kappa shape index (κ2) is 8.23. The van der Waals surface area contributed by atoms with E-state index >= 15 is 0 Å². The van der Waals surface area contributed by atoms with Crippen molar-refractivity contribution in [1.82, 2.24) is 0 Å². The van der Waals surface area contributed by atoms with Gasteiger partial charge in [-0.25, -0.2) is 0 Å². The van der Waals surface area contributed by atoms with Crippen molar-refractivity contribution < 1.29 is 0 Å². The summed E-state index contributed by atoms with van der Waals surface area (Å²) in [5, 5.41) is 0. The van der Waals surface area contributed by atoms with Crippen LogP contribution in [0.4, 0.5) is 0 Å². The number of hydrogen-bond acceptors (Lipinski definition) is 2. The van der Waals surface area contributed by atoms with E-state index in [4.69, 9.17) is 11.5 Å². The molecule has 1 aromatic carbocycles. The van der Waals surface area contributed by atoms with Crippen molar-refractivity contribution in [2.75, 3.05) is 0 Å². The highest BCUT2D eigenvalue weighted by molar-refractivity contribution is 5.47. The molecule has 25 heavy (non-hydrogen) atoms. The lowest BCUT2D eigenvalue weighted by molar-refractivity contribution is 0.431. The molecular formula is C23H34N2. The van der Waals surface area contributed by atoms with E-state index in [1.165, 1.54) is 63.4 Å². The Labute approximate surface area is 153 Å². The van der Waals surface area contributed by atoms with Crippen LogP contribution in [0.25, 0.3) is 0 Å². The van der Waals surface area contributed by atoms with Gasteiger partial charge < -0.3 is 11.5 Å². The summed E-state index contributed by atoms with van der Waals surface area (Å²) in [6.45, 7) is 2.27. The first kappa shape index (κ1) is 18.3. The maximum Gasteiger partial charge on any atom is 0.0637 e. The van der Waals surface area contributed by atoms with E-state index in [9.17, 15) is 0 Å². The molecule has 4 N–H and O–H groups in total. The standard InChI is InChI=1S/C23H34N2/c1-2-3-5-9-19-12-8-13-21(22(19)18-10-6-4-7-11-18)23(25)16-14-20(24)15-17-23/h8,12-16,18H,2-7,9-11,17,24-25H2,1H3. The molecule has 2 nitrogen and oxygen atoms in total. The number of hydrogen-bond donors (Lipinski definition) is 2. The average molecular weight is 339 g/mol. The third kappa shape index (κ3) is 4.17. The van der Waals surface area contributed by atoms with Gasteiger partial charge in [-0.1, -0.05) is 69.4 Å². The number of nitrogens with two attached hydrogens (primary N) is 2. The largest absolute Gasteiger partial charge is 0.399 e. The van der Waals surface area contributed by atoms with Crippen LogP contribution in [0.1, 0.15) is 87.3 Å². The monoisotopic (exact) mass is 338 g/mol. The van der Waals surface area contributed by atoms with Gasteiger partial charge in [-0.15, -0.1) is 0 Å². The zero-order valence-electron chi connectivity index (χ0n) is 15.8. The van der Waals surface area contributed by atoms with Crippen LogP contribution in [-0.4, -0.2) is 0 Å². The highest BCUT2D eigenvalue weighted by Crippen LogP contribution is 2.41. The fraction of sp³-hybridized carbons (Fsp3) is 0.565. The van der Waals surface area contributed by atoms with Gasteiger partial charge in [0.1, 0.15) is 0 Å². The van der Waals surface area contributed by atoms with Crippen LogP contribution in [0.5, 0.6) is 0 Å². The third-order valence-corrected chi connectivity index (χ3v) is 6.01. The summed E-state index contributed by atoms with van der Waals surface area (Å²) in [6.07, 6.45) is 18.8. The smallest absolute Gasteiger partial charge is 0.0637 e. The molecule has 2 aliphatic rings. The lowest BCUT2D eigenvalue weighted by atomic mass is 9.73. The molecule has 0 saturated heterocycles. The van der Waals surface area contributed by atoms with Crippen LogP contribution in [0.2, 0.25) is 0 Å². The maximum atomic E-state index is 6.89. The van der Waals surface area contributed by atoms with Gasteiger partial charge in [-0.05, 0) is 60.8 Å². The Kier molecular flexibility index (Phi) is 6.01. The molecule has 1 fully saturated rings. The fourth-order valence-corrected chi connectivity index (χ4v) is 4.54. The first-order valence-corrected chi connectivity index (χ1v) is 10.2. The summed E-state index contributed by atoms with van der Waals surface area (Å²) in [4.78, 5) is 0. The van der Waals surface area contributed by atoms with Gasteiger partial charge in [-0.3, -0.25) is 0 Å². The number of unbranched alkanes of at least 4 members (excludes halogenated alkanes) is 2. The van der Waals surface area contributed by atoms with E-state index in [1.54, 1.807) is 11.1 Å². The van der Waals surface area contributed by atoms with Crippen molar-refractivity contribution in [2.24, 2.45) is 11.5 Å². The summed E-state index contributed by atoms with van der Waals surface area (Å²) >= 11 is 0. The van der Waals surface area contributed by atoms with Gasteiger partial charge in [0.25, 0.3) is 0 Å². The zero-order chi connectivity index (χ0) is 17.7. The molecule has 1 unspecified atom stereocenters. The minimum absolute atomic E-state index is 0.406. The molecule has 0 bridgehead atoms. The number of allylic oxidation sites excluding steroid dienone is 1. The zero-order valence-corrected chi connectivity index (χ0v) is 15.8. The molecule has 1 atom stereocenters. The van der Waals surface area contributed by atoms with Crippen molar-refractivity contribution in [3.63, 3.8) is 0 Å². The highest BCUT2D eigenvalue weighted by atomic mass is 14.7. The second-order valence-corrected chi connectivity index (χ2v) is 7.95. The summed E-state index contributed by atoms with van der Waals surface area (Å²) in [5.41, 5.74) is 17.7. The Morgan fingerprint density at radius 3 is 2.60 bits per heavy atom. The molecule has 2 aliphatic carbocycles. The molecule has 2 heteroatoms. The molecule has 0 aromatic heterocycles. The van der Waals surface area contributed by atoms with Crippen LogP contribution in [0, 0.1) is 0 Å². The minimum atomic E-state index is -0.406. The maximum absolute atomic E-state index is 6.89. The molecule has 136 valence electrons. The van der Waals surface area contributed by atoms with Crippen molar-refractivity contribution in [3.8, 4) is 0 Å². The Morgan fingerprint density at radius 1 is 1.12 bits per heavy atom. The Bertz CT molecular complexity index is 637. The van der Waals surface area contributed by atoms with Gasteiger partial charge in [0.2, 0.25) is 0 Å². The molecule has 0 spiro atoms. The van der Waals surface area contributed by atoms with E-state index in [-0.39, 0.29) is 0 Å². The summed E-state index contributed by atoms with van der Waals surface area (Å²) in [6, 6.07) is 6.84. The van der Waals surface area contributed by atoms with Crippen molar-refractivity contribution in [1.29, 1.82) is 0 Å². The lowest BCUT2D eigenvalue weighted by Crippen LogP contribution is -2.37. The molecule has 1 aromatic rings. The van der Waals surface area contributed by atoms with E-state index in [1.807, 2.05) is 6.08 Å². The minimum Gasteiger partial charge on any atom is -0.399 e. The molecule has 1 saturated carbocycles. The van der Waals surface area contributed by atoms with E-state index in [2.05, 4.69) is 37.3 Å². The second-order valence-electron chi connectivity index (χ2n) is 7.95. The third-order valence-electron chi connectivity index (χ3n) is 6.01. The SMILES string of the molecule is CCCCCc1cccc(C2(N)C=CC(N)=CC2)c1C1CCCCC1. The van der Waals surface area contributed by atoms with Crippen LogP contribution in [0.3, 0.4) is 0 Å². The van der Waals surface area contributed by atoms with Crippen molar-refractivity contribution in [2.45, 2.75) is 82.6 Å². The quantitative estimate of drug-likeness (QED) is 0.680. The predicted molar refractivity (Wildman–Crippen MR) is 107 cm³/mol. The molecule has 0 radical (unpaired) electrons. The number of rotatable bonds is 6. The van der Waals surface area contributed by atoms with Gasteiger partial charge in [0, 0.05) is 5.70 Å². The first-order chi connectivity index (χ1) is 12.1. The van der Waals surface area contributed by atoms with Crippen LogP contribution in [0.15, 0.2) is 42.1 Å². The Balaban J connectivity index is 1.98. The Morgan fingerprint density at radius 2 is 1.92 bits per heavy atom. The van der Waals surface area contributed by atoms with Crippen LogP contribution < -0.4 is 11.5 Å². The predicted octanol–water partition coefficient (Wildman–Crippen LogP) is 5.42. The molecule has 0 amide bonds. The van der Waals surface area contributed by atoms with Crippen LogP contribution >= 0.6 is 0 Å². The van der Waals surface area contributed by atoms with E-state index < -0.39 is 5.54 Å². The Hall–Kier alpha value is -1.54. The van der Waals surface area contributed by atoms with E-state index in [0.29, 0.717) is 5.92 Å². The highest BCUT2D eigenvalue weighted by Gasteiger charge is 2.31. The lowest BCUT2D eigenvalue weighted by Gasteiger charge is -2.35. The van der Waals surface area contributed by atoms with Crippen molar-refractivity contribution >= 4 is 0 Å². The summed E-state index contributed by atoms with van der Waals surface area (Å²) in [5.74, 6) is 0.679. The molecule has 0 heterocycles. The number of benzene rings is 1. The van der Waals surface area contributed by atoms with Gasteiger partial charge in [0.05, 0.1) is 5.54 Å². The molecule has 0 aliphatic heterocycles. The molecule has 3 rings (SSSR count). The van der Waals surface area contributed by atoms with Crippen molar-refractivity contribution in [3.05, 3.63) is 58.8 Å². The average Bonchev–Trinajstić information content (AvgIpc) is 2.65. The van der Waals surface area contributed by atoms with Gasteiger partial charge >= 0.3 is 0 Å². The normalized spacial score (nSPS) is 24.3.